The third-order valence-electron chi connectivity index (χ3n) is 14.9. The van der Waals surface area contributed by atoms with Gasteiger partial charge in [-0.15, -0.1) is 11.3 Å². The van der Waals surface area contributed by atoms with Crippen molar-refractivity contribution in [3.63, 3.8) is 0 Å². The van der Waals surface area contributed by atoms with Crippen LogP contribution in [0.5, 0.6) is 0 Å². The van der Waals surface area contributed by atoms with E-state index in [-0.39, 0.29) is 0 Å². The van der Waals surface area contributed by atoms with Gasteiger partial charge >= 0.3 is 212 Å². The van der Waals surface area contributed by atoms with E-state index in [0.717, 1.165) is 87.2 Å². The van der Waals surface area contributed by atoms with Gasteiger partial charge in [0.1, 0.15) is 49.8 Å². The number of anilines is 6. The van der Waals surface area contributed by atoms with Gasteiger partial charge in [-0.3, -0.25) is 0 Å². The number of fused-ring (bicyclic) bond motifs is 4. The Balaban J connectivity index is 0.000000145. The Labute approximate surface area is 507 Å². The van der Waals surface area contributed by atoms with Gasteiger partial charge in [-0.05, 0) is 80.0 Å². The number of rotatable bonds is 17. The van der Waals surface area contributed by atoms with Gasteiger partial charge in [-0.25, -0.2) is 0 Å². The first-order chi connectivity index (χ1) is 38.9. The second kappa shape index (κ2) is 26.4. The molecule has 0 N–H and O–H groups in total. The van der Waals surface area contributed by atoms with Crippen molar-refractivity contribution in [2.75, 3.05) is 9.80 Å². The van der Waals surface area contributed by atoms with Gasteiger partial charge < -0.3 is 4.90 Å². The molecule has 4 aromatic heterocycles. The normalized spacial score (nSPS) is 12.2. The molecule has 2 aliphatic heterocycles. The Morgan fingerprint density at radius 2 is 0.787 bits per heavy atom. The number of thiophene rings is 2. The van der Waals surface area contributed by atoms with E-state index in [1.807, 2.05) is 13.8 Å². The van der Waals surface area contributed by atoms with Crippen LogP contribution < -0.4 is 12.7 Å². The van der Waals surface area contributed by atoms with Crippen molar-refractivity contribution >= 4 is 184 Å². The third kappa shape index (κ3) is 12.5. The zero-order valence-corrected chi connectivity index (χ0v) is 56.0. The number of hydrogen-bond acceptors (Lipinski definition) is 14. The van der Waals surface area contributed by atoms with E-state index < -0.39 is 18.4 Å². The Kier molecular flexibility index (Phi) is 19.2. The maximum absolute atomic E-state index is 4.64. The van der Waals surface area contributed by atoms with E-state index in [1.54, 1.807) is 14.2 Å². The van der Waals surface area contributed by atoms with Gasteiger partial charge in [-0.2, -0.15) is 34.9 Å². The average molecular weight is 1340 g/mol. The Hall–Kier alpha value is -5.12. The molecule has 2 aliphatic rings. The summed E-state index contributed by atoms with van der Waals surface area (Å²) in [7, 11) is 0. The maximum atomic E-state index is 4.64. The fraction of sp³-hybridized carbons (Fsp3) is 0.290. The van der Waals surface area contributed by atoms with Crippen molar-refractivity contribution in [1.29, 1.82) is 0 Å². The quantitative estimate of drug-likeness (QED) is 0.0841. The summed E-state index contributed by atoms with van der Waals surface area (Å²) < 4.78 is 42.6. The Morgan fingerprint density at radius 3 is 1.25 bits per heavy atom. The SMILES string of the molecule is CCC[CH2][Sn]([CH2]CCC)([CH2]CCC)[c]1ccc(N(c2ccc(C)cc2)c2ccc(C)cc2)s1.Cc1c2c(c(Br)c3nsnc13)N=S=N2.Cc1ccc(N(c2ccc(C)cc2)c2ccc(-c3c4c(c(C)c5nsnc35)N=S=N4)s2)cc1. The predicted molar refractivity (Wildman–Crippen MR) is 356 cm³/mol. The molecule has 0 unspecified atom stereocenters. The molecule has 0 saturated carbocycles. The fourth-order valence-corrected chi connectivity index (χ4v) is 34.7. The first-order valence-electron chi connectivity index (χ1n) is 27.4. The van der Waals surface area contributed by atoms with Crippen molar-refractivity contribution in [3.8, 4) is 10.4 Å². The van der Waals surface area contributed by atoms with Crippen LogP contribution in [0.25, 0.3) is 32.5 Å². The van der Waals surface area contributed by atoms with E-state index >= 15 is 0 Å². The van der Waals surface area contributed by atoms with Crippen LogP contribution in [0.4, 0.5) is 55.5 Å². The summed E-state index contributed by atoms with van der Waals surface area (Å²) in [6.07, 6.45) is 8.22. The number of halogens is 1. The van der Waals surface area contributed by atoms with Gasteiger partial charge in [-0.1, -0.05) is 35.4 Å². The van der Waals surface area contributed by atoms with Crippen LogP contribution in [0, 0.1) is 41.5 Å². The maximum Gasteiger partial charge on any atom is 0.121 e. The monoisotopic (exact) mass is 1340 g/mol. The fourth-order valence-electron chi connectivity index (χ4n) is 10.2. The molecule has 18 heteroatoms. The van der Waals surface area contributed by atoms with Crippen LogP contribution in [0.1, 0.15) is 92.7 Å². The van der Waals surface area contributed by atoms with E-state index in [9.17, 15) is 0 Å². The van der Waals surface area contributed by atoms with Crippen LogP contribution in [0.15, 0.2) is 143 Å². The van der Waals surface area contributed by atoms with Gasteiger partial charge in [0.05, 0.1) is 50.6 Å². The first kappa shape index (κ1) is 58.1. The number of aromatic nitrogens is 4. The summed E-state index contributed by atoms with van der Waals surface area (Å²) in [5.74, 6) is 0. The van der Waals surface area contributed by atoms with Gasteiger partial charge in [0.25, 0.3) is 0 Å². The van der Waals surface area contributed by atoms with Crippen LogP contribution in [0.3, 0.4) is 0 Å². The van der Waals surface area contributed by atoms with Crippen LogP contribution in [-0.4, -0.2) is 35.9 Å². The molecule has 0 atom stereocenters. The van der Waals surface area contributed by atoms with Crippen LogP contribution >= 0.6 is 62.1 Å². The Bertz CT molecular complexity index is 3770. The molecule has 0 saturated heterocycles. The summed E-state index contributed by atoms with van der Waals surface area (Å²) >= 11 is 9.82. The second-order valence-electron chi connectivity index (χ2n) is 20.7. The van der Waals surface area contributed by atoms with Crippen molar-refractivity contribution < 1.29 is 0 Å². The standard InChI is InChI=1S/C25H19N5S3.C18H16NS.C7H3BrN4S2.3C4H9.Sn/c1-14-4-8-17(9-5-14)30(18-10-6-15(2)7-11-18)20-13-12-19(31-20)21-24-22(26-32-28-24)16(3)23-25(21)29-33-27-23;1-14-5-9-16(10-6-14)19(18-4-3-13-20-18)17-11-7-15(2)8-12-17;1-2-4-6(11-13-9-4)3(8)7-5(2)10-14-12-7;3*1-3-4-2;/h4-13H,1-3H3;3-12H,1-2H3;1H3;3*1,3-4H2,2H3;. The second-order valence-corrected chi connectivity index (χ2v) is 39.9. The zero-order valence-electron chi connectivity index (χ0n) is 46.7. The Morgan fingerprint density at radius 1 is 0.412 bits per heavy atom. The summed E-state index contributed by atoms with van der Waals surface area (Å²) in [5, 5.41) is 2.51. The number of unbranched alkanes of at least 4 members (excludes halogenated alkanes) is 3. The van der Waals surface area contributed by atoms with Crippen molar-refractivity contribution in [3.05, 3.63) is 159 Å². The molecule has 80 heavy (non-hydrogen) atoms. The number of benzene rings is 6. The van der Waals surface area contributed by atoms with Gasteiger partial charge in [0.15, 0.2) is 0 Å². The van der Waals surface area contributed by atoms with Crippen molar-refractivity contribution in [1.82, 2.24) is 17.5 Å². The molecule has 0 radical (unpaired) electrons. The molecule has 10 aromatic rings. The smallest absolute Gasteiger partial charge is 0.121 e. The van der Waals surface area contributed by atoms with Crippen LogP contribution in [-0.2, 0) is 22.7 Å². The zero-order chi connectivity index (χ0) is 55.9. The molecule has 0 amide bonds. The van der Waals surface area contributed by atoms with Crippen molar-refractivity contribution in [2.45, 2.75) is 114 Å². The molecular formula is C62H65BrN10S6Sn. The minimum Gasteiger partial charge on any atom is -0.302 e. The third-order valence-corrected chi connectivity index (χ3v) is 38.2. The molecule has 10 nitrogen and oxygen atoms in total. The topological polar surface area (TPSA) is 107 Å². The number of nitrogens with zero attached hydrogens (tertiary/aromatic N) is 10. The molecule has 0 spiro atoms. The molecule has 410 valence electrons. The molecule has 12 rings (SSSR count). The molecule has 0 aliphatic carbocycles. The predicted octanol–water partition coefficient (Wildman–Crippen LogP) is 21.9. The van der Waals surface area contributed by atoms with E-state index in [4.69, 9.17) is 0 Å². The summed E-state index contributed by atoms with van der Waals surface area (Å²) in [6, 6.07) is 44.6. The van der Waals surface area contributed by atoms with E-state index in [2.05, 4.69) is 242 Å². The van der Waals surface area contributed by atoms with Gasteiger partial charge in [0, 0.05) is 32.9 Å². The summed E-state index contributed by atoms with van der Waals surface area (Å²) in [5.41, 5.74) is 20.2. The molecule has 0 fully saturated rings. The molecule has 0 bridgehead atoms. The van der Waals surface area contributed by atoms with Crippen molar-refractivity contribution in [2.24, 2.45) is 17.5 Å². The largest absolute Gasteiger partial charge is 0.302 e. The van der Waals surface area contributed by atoms with E-state index in [0.29, 0.717) is 0 Å². The molecule has 6 heterocycles. The van der Waals surface area contributed by atoms with Crippen LogP contribution in [0.2, 0.25) is 13.3 Å². The summed E-state index contributed by atoms with van der Waals surface area (Å²) in [4.78, 5) is 5.89. The minimum atomic E-state index is -2.42. The molecular weight excluding hydrogens is 1280 g/mol. The van der Waals surface area contributed by atoms with E-state index in [1.165, 1.54) is 137 Å². The average Bonchev–Trinajstić information content (AvgIpc) is 4.45. The number of aryl methyl sites for hydroxylation is 6. The molecule has 6 aromatic carbocycles. The minimum absolute atomic E-state index is 0.882. The number of hydrogen-bond donors (Lipinski definition) is 0. The summed E-state index contributed by atoms with van der Waals surface area (Å²) in [6.45, 7) is 19.7. The first-order valence-corrected chi connectivity index (χ1v) is 40.2. The van der Waals surface area contributed by atoms with Gasteiger partial charge in [0.2, 0.25) is 0 Å².